The molecule has 110 valence electrons. The number of hydrogen-bond donors (Lipinski definition) is 1. The fourth-order valence-electron chi connectivity index (χ4n) is 2.60. The van der Waals surface area contributed by atoms with E-state index >= 15 is 0 Å². The number of likely N-dealkylation sites (N-methyl/N-ethyl adjacent to an activating group) is 1. The molecule has 0 aromatic heterocycles. The maximum Gasteiger partial charge on any atom is 0.253 e. The van der Waals surface area contributed by atoms with Crippen molar-refractivity contribution >= 4 is 11.6 Å². The van der Waals surface area contributed by atoms with Crippen molar-refractivity contribution in [3.8, 4) is 0 Å². The highest BCUT2D eigenvalue weighted by Crippen LogP contribution is 2.18. The van der Waals surface area contributed by atoms with Gasteiger partial charge in [-0.1, -0.05) is 0 Å². The minimum absolute atomic E-state index is 0.0704. The van der Waals surface area contributed by atoms with E-state index in [4.69, 9.17) is 4.74 Å². The molecule has 0 aliphatic carbocycles. The molecule has 1 aromatic carbocycles. The van der Waals surface area contributed by atoms with Crippen LogP contribution in [0.5, 0.6) is 0 Å². The Labute approximate surface area is 121 Å². The molecule has 0 saturated carbocycles. The smallest absolute Gasteiger partial charge is 0.253 e. The highest BCUT2D eigenvalue weighted by atomic mass is 16.5. The van der Waals surface area contributed by atoms with Crippen molar-refractivity contribution in [2.24, 2.45) is 0 Å². The topological polar surface area (TPSA) is 41.6 Å². The van der Waals surface area contributed by atoms with Gasteiger partial charge < -0.3 is 15.0 Å². The standard InChI is InChI=1S/C16H24N2O2/c1-4-17-13-7-8-15(12(2)10-13)16(19)18(3)11-14-6-5-9-20-14/h7-8,10,14,17H,4-6,9,11H2,1-3H3. The highest BCUT2D eigenvalue weighted by Gasteiger charge is 2.21. The Bertz CT molecular complexity index is 468. The van der Waals surface area contributed by atoms with Crippen LogP contribution in [0.4, 0.5) is 5.69 Å². The largest absolute Gasteiger partial charge is 0.385 e. The van der Waals surface area contributed by atoms with Gasteiger partial charge in [-0.2, -0.15) is 0 Å². The Morgan fingerprint density at radius 1 is 1.50 bits per heavy atom. The number of carbonyl (C=O) groups excluding carboxylic acids is 1. The highest BCUT2D eigenvalue weighted by molar-refractivity contribution is 5.96. The van der Waals surface area contributed by atoms with Crippen LogP contribution in [0.3, 0.4) is 0 Å². The number of ether oxygens (including phenoxy) is 1. The first-order valence-electron chi connectivity index (χ1n) is 7.33. The van der Waals surface area contributed by atoms with Crippen LogP contribution >= 0.6 is 0 Å². The van der Waals surface area contributed by atoms with Crippen molar-refractivity contribution in [2.75, 3.05) is 32.1 Å². The summed E-state index contributed by atoms with van der Waals surface area (Å²) >= 11 is 0. The predicted octanol–water partition coefficient (Wildman–Crippen LogP) is 2.68. The third-order valence-electron chi connectivity index (χ3n) is 3.69. The fourth-order valence-corrected chi connectivity index (χ4v) is 2.60. The van der Waals surface area contributed by atoms with Crippen LogP contribution in [0.15, 0.2) is 18.2 Å². The average molecular weight is 276 g/mol. The van der Waals surface area contributed by atoms with Crippen LogP contribution < -0.4 is 5.32 Å². The molecule has 0 radical (unpaired) electrons. The first-order chi connectivity index (χ1) is 9.61. The van der Waals surface area contributed by atoms with Gasteiger partial charge in [0, 0.05) is 38.0 Å². The summed E-state index contributed by atoms with van der Waals surface area (Å²) in [6.07, 6.45) is 2.35. The summed E-state index contributed by atoms with van der Waals surface area (Å²) in [5, 5.41) is 3.26. The molecule has 4 nitrogen and oxygen atoms in total. The van der Waals surface area contributed by atoms with Gasteiger partial charge in [-0.3, -0.25) is 4.79 Å². The molecule has 1 saturated heterocycles. The first-order valence-corrected chi connectivity index (χ1v) is 7.33. The van der Waals surface area contributed by atoms with E-state index in [-0.39, 0.29) is 12.0 Å². The number of benzene rings is 1. The predicted molar refractivity (Wildman–Crippen MR) is 81.3 cm³/mol. The Balaban J connectivity index is 2.03. The van der Waals surface area contributed by atoms with E-state index < -0.39 is 0 Å². The zero-order chi connectivity index (χ0) is 14.5. The second kappa shape index (κ2) is 6.75. The van der Waals surface area contributed by atoms with E-state index in [1.807, 2.05) is 32.2 Å². The van der Waals surface area contributed by atoms with Gasteiger partial charge >= 0.3 is 0 Å². The van der Waals surface area contributed by atoms with E-state index in [0.29, 0.717) is 6.54 Å². The van der Waals surface area contributed by atoms with Crippen molar-refractivity contribution in [1.29, 1.82) is 0 Å². The van der Waals surface area contributed by atoms with Crippen LogP contribution in [-0.4, -0.2) is 43.7 Å². The summed E-state index contributed by atoms with van der Waals surface area (Å²) in [6.45, 7) is 6.42. The first kappa shape index (κ1) is 14.9. The number of rotatable bonds is 5. The molecule has 1 heterocycles. The van der Waals surface area contributed by atoms with Crippen molar-refractivity contribution in [3.63, 3.8) is 0 Å². The number of aryl methyl sites for hydroxylation is 1. The fraction of sp³-hybridized carbons (Fsp3) is 0.562. The molecule has 0 bridgehead atoms. The van der Waals surface area contributed by atoms with Gasteiger partial charge in [0.05, 0.1) is 6.10 Å². The van der Waals surface area contributed by atoms with E-state index in [9.17, 15) is 4.79 Å². The van der Waals surface area contributed by atoms with Gasteiger partial charge in [0.25, 0.3) is 5.91 Å². The van der Waals surface area contributed by atoms with Gasteiger partial charge in [-0.05, 0) is 50.5 Å². The summed E-state index contributed by atoms with van der Waals surface area (Å²) in [5.41, 5.74) is 2.84. The van der Waals surface area contributed by atoms with Crippen molar-refractivity contribution in [1.82, 2.24) is 4.90 Å². The zero-order valence-corrected chi connectivity index (χ0v) is 12.6. The minimum Gasteiger partial charge on any atom is -0.385 e. The number of anilines is 1. The monoisotopic (exact) mass is 276 g/mol. The second-order valence-corrected chi connectivity index (χ2v) is 5.38. The zero-order valence-electron chi connectivity index (χ0n) is 12.6. The number of hydrogen-bond acceptors (Lipinski definition) is 3. The van der Waals surface area contributed by atoms with Gasteiger partial charge in [0.15, 0.2) is 0 Å². The summed E-state index contributed by atoms with van der Waals surface area (Å²) in [4.78, 5) is 14.2. The third-order valence-corrected chi connectivity index (χ3v) is 3.69. The number of carbonyl (C=O) groups is 1. The van der Waals surface area contributed by atoms with Gasteiger partial charge in [-0.15, -0.1) is 0 Å². The lowest BCUT2D eigenvalue weighted by Crippen LogP contribution is -2.34. The lowest BCUT2D eigenvalue weighted by Gasteiger charge is -2.22. The van der Waals surface area contributed by atoms with Crippen LogP contribution in [0.2, 0.25) is 0 Å². The average Bonchev–Trinajstić information content (AvgIpc) is 2.91. The quantitative estimate of drug-likeness (QED) is 0.899. The van der Waals surface area contributed by atoms with Gasteiger partial charge in [-0.25, -0.2) is 0 Å². The maximum absolute atomic E-state index is 12.5. The van der Waals surface area contributed by atoms with Crippen LogP contribution in [0.1, 0.15) is 35.7 Å². The summed E-state index contributed by atoms with van der Waals surface area (Å²) in [5.74, 6) is 0.0704. The Hall–Kier alpha value is -1.55. The number of nitrogens with zero attached hydrogens (tertiary/aromatic N) is 1. The summed E-state index contributed by atoms with van der Waals surface area (Å²) < 4.78 is 5.59. The Morgan fingerprint density at radius 2 is 2.30 bits per heavy atom. The van der Waals surface area contributed by atoms with Gasteiger partial charge in [0.2, 0.25) is 0 Å². The SMILES string of the molecule is CCNc1ccc(C(=O)N(C)CC2CCCO2)c(C)c1. The van der Waals surface area contributed by atoms with Crippen LogP contribution in [-0.2, 0) is 4.74 Å². The van der Waals surface area contributed by atoms with Crippen molar-refractivity contribution in [3.05, 3.63) is 29.3 Å². The molecule has 2 rings (SSSR count). The molecule has 0 spiro atoms. The molecule has 20 heavy (non-hydrogen) atoms. The molecule has 4 heteroatoms. The van der Waals surface area contributed by atoms with E-state index in [1.165, 1.54) is 0 Å². The molecule has 1 amide bonds. The van der Waals surface area contributed by atoms with E-state index in [0.717, 1.165) is 42.8 Å². The summed E-state index contributed by atoms with van der Waals surface area (Å²) in [6, 6.07) is 5.89. The molecule has 1 aromatic rings. The van der Waals surface area contributed by atoms with E-state index in [1.54, 1.807) is 4.90 Å². The third kappa shape index (κ3) is 3.51. The second-order valence-electron chi connectivity index (χ2n) is 5.38. The lowest BCUT2D eigenvalue weighted by molar-refractivity contribution is 0.0586. The molecule has 1 aliphatic heterocycles. The van der Waals surface area contributed by atoms with Crippen molar-refractivity contribution in [2.45, 2.75) is 32.8 Å². The molecule has 1 N–H and O–H groups in total. The van der Waals surface area contributed by atoms with E-state index in [2.05, 4.69) is 12.2 Å². The lowest BCUT2D eigenvalue weighted by atomic mass is 10.1. The Morgan fingerprint density at radius 3 is 2.90 bits per heavy atom. The normalized spacial score (nSPS) is 18.1. The molecular formula is C16H24N2O2. The molecular weight excluding hydrogens is 252 g/mol. The van der Waals surface area contributed by atoms with Crippen LogP contribution in [0.25, 0.3) is 0 Å². The van der Waals surface area contributed by atoms with Crippen LogP contribution in [0, 0.1) is 6.92 Å². The molecule has 1 unspecified atom stereocenters. The Kier molecular flexibility index (Phi) is 5.01. The number of nitrogens with one attached hydrogen (secondary N) is 1. The number of amides is 1. The summed E-state index contributed by atoms with van der Waals surface area (Å²) in [7, 11) is 1.85. The molecule has 1 fully saturated rings. The minimum atomic E-state index is 0.0704. The molecule has 1 aliphatic rings. The maximum atomic E-state index is 12.5. The van der Waals surface area contributed by atoms with Crippen molar-refractivity contribution < 1.29 is 9.53 Å². The molecule has 1 atom stereocenters. The van der Waals surface area contributed by atoms with Gasteiger partial charge in [0.1, 0.15) is 0 Å².